The van der Waals surface area contributed by atoms with Crippen LogP contribution in [0.5, 0.6) is 0 Å². The molecule has 0 unspecified atom stereocenters. The first-order valence-electron chi connectivity index (χ1n) is 9.02. The van der Waals surface area contributed by atoms with Crippen molar-refractivity contribution in [2.24, 2.45) is 10.9 Å². The van der Waals surface area contributed by atoms with Gasteiger partial charge in [-0.3, -0.25) is 4.99 Å². The van der Waals surface area contributed by atoms with Crippen molar-refractivity contribution in [3.8, 4) is 0 Å². The van der Waals surface area contributed by atoms with Crippen molar-refractivity contribution in [1.29, 1.82) is 0 Å². The molecule has 4 nitrogen and oxygen atoms in total. The minimum Gasteiger partial charge on any atom is -0.356 e. The summed E-state index contributed by atoms with van der Waals surface area (Å²) in [5, 5.41) is 6.91. The van der Waals surface area contributed by atoms with E-state index in [4.69, 9.17) is 0 Å². The molecular formula is C19H33IN4. The summed E-state index contributed by atoms with van der Waals surface area (Å²) in [5.41, 5.74) is 1.36. The number of likely N-dealkylation sites (tertiary alicyclic amines) is 1. The lowest BCUT2D eigenvalue weighted by Gasteiger charge is -2.32. The van der Waals surface area contributed by atoms with E-state index in [-0.39, 0.29) is 24.0 Å². The Kier molecular flexibility index (Phi) is 11.1. The van der Waals surface area contributed by atoms with Crippen LogP contribution >= 0.6 is 24.0 Å². The number of hydrogen-bond donors (Lipinski definition) is 2. The number of nitrogens with one attached hydrogen (secondary N) is 2. The standard InChI is InChI=1S/C19H32N4.HI/c1-3-13-23-14-10-18(11-15-23)16-22-19(20-2)21-12-9-17-7-5-4-6-8-17;/h4-8,18H,3,9-16H2,1-2H3,(H2,20,21,22);1H. The minimum atomic E-state index is 0. The van der Waals surface area contributed by atoms with E-state index in [0.29, 0.717) is 0 Å². The van der Waals surface area contributed by atoms with Gasteiger partial charge >= 0.3 is 0 Å². The molecule has 1 fully saturated rings. The second-order valence-electron chi connectivity index (χ2n) is 6.40. The van der Waals surface area contributed by atoms with Crippen molar-refractivity contribution >= 4 is 29.9 Å². The van der Waals surface area contributed by atoms with Crippen LogP contribution in [0.3, 0.4) is 0 Å². The Hall–Kier alpha value is -0.820. The van der Waals surface area contributed by atoms with Crippen molar-refractivity contribution in [1.82, 2.24) is 15.5 Å². The van der Waals surface area contributed by atoms with Crippen molar-refractivity contribution in [2.75, 3.05) is 39.8 Å². The summed E-state index contributed by atoms with van der Waals surface area (Å²) in [6.45, 7) is 7.96. The summed E-state index contributed by atoms with van der Waals surface area (Å²) in [7, 11) is 1.85. The predicted octanol–water partition coefficient (Wildman–Crippen LogP) is 3.13. The van der Waals surface area contributed by atoms with Crippen LogP contribution in [0.15, 0.2) is 35.3 Å². The Balaban J connectivity index is 0.00000288. The molecule has 0 saturated carbocycles. The van der Waals surface area contributed by atoms with Gasteiger partial charge in [0.25, 0.3) is 0 Å². The third kappa shape index (κ3) is 7.83. The van der Waals surface area contributed by atoms with E-state index in [1.807, 2.05) is 7.05 Å². The summed E-state index contributed by atoms with van der Waals surface area (Å²) in [6.07, 6.45) is 4.89. The fraction of sp³-hybridized carbons (Fsp3) is 0.632. The van der Waals surface area contributed by atoms with Crippen LogP contribution in [0.1, 0.15) is 31.7 Å². The molecule has 1 aromatic carbocycles. The molecule has 5 heteroatoms. The third-order valence-electron chi connectivity index (χ3n) is 4.58. The second-order valence-corrected chi connectivity index (χ2v) is 6.40. The summed E-state index contributed by atoms with van der Waals surface area (Å²) in [4.78, 5) is 6.92. The average molecular weight is 444 g/mol. The molecule has 0 aliphatic carbocycles. The van der Waals surface area contributed by atoms with Gasteiger partial charge in [-0.15, -0.1) is 24.0 Å². The zero-order chi connectivity index (χ0) is 16.3. The molecule has 2 rings (SSSR count). The number of halogens is 1. The van der Waals surface area contributed by atoms with Gasteiger partial charge in [-0.2, -0.15) is 0 Å². The minimum absolute atomic E-state index is 0. The van der Waals surface area contributed by atoms with E-state index in [9.17, 15) is 0 Å². The monoisotopic (exact) mass is 444 g/mol. The molecule has 0 atom stereocenters. The van der Waals surface area contributed by atoms with Crippen LogP contribution in [0.4, 0.5) is 0 Å². The van der Waals surface area contributed by atoms with Gasteiger partial charge in [0.2, 0.25) is 0 Å². The highest BCUT2D eigenvalue weighted by Gasteiger charge is 2.18. The van der Waals surface area contributed by atoms with Gasteiger partial charge in [-0.05, 0) is 56.8 Å². The fourth-order valence-electron chi connectivity index (χ4n) is 3.16. The van der Waals surface area contributed by atoms with E-state index in [2.05, 4.69) is 57.8 Å². The van der Waals surface area contributed by atoms with Gasteiger partial charge in [0.15, 0.2) is 5.96 Å². The Morgan fingerprint density at radius 2 is 1.88 bits per heavy atom. The Morgan fingerprint density at radius 1 is 1.17 bits per heavy atom. The molecule has 0 bridgehead atoms. The van der Waals surface area contributed by atoms with E-state index in [1.165, 1.54) is 44.5 Å². The molecule has 2 N–H and O–H groups in total. The predicted molar refractivity (Wildman–Crippen MR) is 114 cm³/mol. The number of piperidine rings is 1. The zero-order valence-electron chi connectivity index (χ0n) is 15.1. The van der Waals surface area contributed by atoms with Gasteiger partial charge in [0, 0.05) is 20.1 Å². The molecule has 24 heavy (non-hydrogen) atoms. The number of rotatable bonds is 7. The van der Waals surface area contributed by atoms with Crippen molar-refractivity contribution in [3.63, 3.8) is 0 Å². The van der Waals surface area contributed by atoms with Crippen molar-refractivity contribution in [2.45, 2.75) is 32.6 Å². The van der Waals surface area contributed by atoms with Gasteiger partial charge in [0.05, 0.1) is 0 Å². The van der Waals surface area contributed by atoms with Crippen LogP contribution in [0, 0.1) is 5.92 Å². The summed E-state index contributed by atoms with van der Waals surface area (Å²) < 4.78 is 0. The lowest BCUT2D eigenvalue weighted by molar-refractivity contribution is 0.185. The van der Waals surface area contributed by atoms with E-state index in [1.54, 1.807) is 0 Å². The Labute approximate surface area is 164 Å². The van der Waals surface area contributed by atoms with Crippen molar-refractivity contribution < 1.29 is 0 Å². The topological polar surface area (TPSA) is 39.7 Å². The van der Waals surface area contributed by atoms with Crippen LogP contribution in [0.25, 0.3) is 0 Å². The quantitative estimate of drug-likeness (QED) is 0.386. The Morgan fingerprint density at radius 3 is 2.50 bits per heavy atom. The highest BCUT2D eigenvalue weighted by molar-refractivity contribution is 14.0. The highest BCUT2D eigenvalue weighted by Crippen LogP contribution is 2.16. The Bertz CT molecular complexity index is 456. The third-order valence-corrected chi connectivity index (χ3v) is 4.58. The maximum absolute atomic E-state index is 4.33. The first-order chi connectivity index (χ1) is 11.3. The summed E-state index contributed by atoms with van der Waals surface area (Å²) in [5.74, 6) is 1.70. The summed E-state index contributed by atoms with van der Waals surface area (Å²) in [6, 6.07) is 10.6. The largest absolute Gasteiger partial charge is 0.356 e. The normalized spacial score (nSPS) is 16.5. The molecular weight excluding hydrogens is 411 g/mol. The van der Waals surface area contributed by atoms with Gasteiger partial charge < -0.3 is 15.5 Å². The molecule has 136 valence electrons. The number of benzene rings is 1. The number of hydrogen-bond acceptors (Lipinski definition) is 2. The molecule has 1 saturated heterocycles. The van der Waals surface area contributed by atoms with E-state index in [0.717, 1.165) is 31.4 Å². The van der Waals surface area contributed by atoms with E-state index >= 15 is 0 Å². The first kappa shape index (κ1) is 21.2. The zero-order valence-corrected chi connectivity index (χ0v) is 17.5. The van der Waals surface area contributed by atoms with Crippen LogP contribution < -0.4 is 10.6 Å². The van der Waals surface area contributed by atoms with Gasteiger partial charge in [-0.25, -0.2) is 0 Å². The molecule has 1 aliphatic rings. The molecule has 0 aromatic heterocycles. The number of nitrogens with zero attached hydrogens (tertiary/aromatic N) is 2. The summed E-state index contributed by atoms with van der Waals surface area (Å²) >= 11 is 0. The molecule has 0 radical (unpaired) electrons. The number of guanidine groups is 1. The van der Waals surface area contributed by atoms with Crippen LogP contribution in [-0.4, -0.2) is 50.6 Å². The second kappa shape index (κ2) is 12.5. The maximum atomic E-state index is 4.33. The van der Waals surface area contributed by atoms with E-state index < -0.39 is 0 Å². The maximum Gasteiger partial charge on any atom is 0.190 e. The number of aliphatic imine (C=N–C) groups is 1. The average Bonchev–Trinajstić information content (AvgIpc) is 2.60. The van der Waals surface area contributed by atoms with Crippen molar-refractivity contribution in [3.05, 3.63) is 35.9 Å². The SMILES string of the molecule is CCCN1CCC(CNC(=NC)NCCc2ccccc2)CC1.I. The first-order valence-corrected chi connectivity index (χ1v) is 9.02. The smallest absolute Gasteiger partial charge is 0.190 e. The fourth-order valence-corrected chi connectivity index (χ4v) is 3.16. The highest BCUT2D eigenvalue weighted by atomic mass is 127. The molecule has 0 spiro atoms. The molecule has 0 amide bonds. The van der Waals surface area contributed by atoms with Gasteiger partial charge in [-0.1, -0.05) is 37.3 Å². The lowest BCUT2D eigenvalue weighted by Crippen LogP contribution is -2.43. The molecule has 1 heterocycles. The molecule has 1 aliphatic heterocycles. The van der Waals surface area contributed by atoms with Crippen LogP contribution in [0.2, 0.25) is 0 Å². The van der Waals surface area contributed by atoms with Gasteiger partial charge in [0.1, 0.15) is 0 Å². The lowest BCUT2D eigenvalue weighted by atomic mass is 9.97. The molecule has 1 aromatic rings. The van der Waals surface area contributed by atoms with Crippen LogP contribution in [-0.2, 0) is 6.42 Å².